The van der Waals surface area contributed by atoms with Crippen LogP contribution < -0.4 is 5.32 Å². The van der Waals surface area contributed by atoms with Gasteiger partial charge in [-0.15, -0.1) is 12.4 Å². The van der Waals surface area contributed by atoms with Crippen LogP contribution in [0, 0.1) is 11.6 Å². The van der Waals surface area contributed by atoms with E-state index in [0.29, 0.717) is 24.2 Å². The second-order valence-corrected chi connectivity index (χ2v) is 5.05. The third-order valence-electron chi connectivity index (χ3n) is 3.29. The summed E-state index contributed by atoms with van der Waals surface area (Å²) in [7, 11) is 1.83. The summed E-state index contributed by atoms with van der Waals surface area (Å²) < 4.78 is 31.4. The highest BCUT2D eigenvalue weighted by Crippen LogP contribution is 2.13. The first-order valence-corrected chi connectivity index (χ1v) is 6.96. The molecule has 0 radical (unpaired) electrons. The van der Waals surface area contributed by atoms with Gasteiger partial charge in [0.2, 0.25) is 5.89 Å². The molecule has 1 aromatic carbocycles. The zero-order valence-corrected chi connectivity index (χ0v) is 13.6. The highest BCUT2D eigenvalue weighted by Gasteiger charge is 2.15. The second kappa shape index (κ2) is 8.69. The smallest absolute Gasteiger partial charge is 0.227 e. The Bertz CT molecular complexity index is 664. The first kappa shape index (κ1) is 19.2. The second-order valence-electron chi connectivity index (χ2n) is 5.05. The summed E-state index contributed by atoms with van der Waals surface area (Å²) in [6.45, 7) is 1.98. The molecule has 1 aromatic heterocycles. The number of hydrogen-bond acceptors (Lipinski definition) is 5. The number of halogens is 3. The molecule has 2 rings (SSSR count). The van der Waals surface area contributed by atoms with Crippen LogP contribution in [0.2, 0.25) is 0 Å². The Hall–Kier alpha value is -1.86. The van der Waals surface area contributed by atoms with Gasteiger partial charge in [0.05, 0.1) is 5.56 Å². The lowest BCUT2D eigenvalue weighted by Gasteiger charge is -2.04. The number of Topliss-reactive ketones (excluding diaryl/α,β-unsaturated/α-hetero) is 1. The van der Waals surface area contributed by atoms with Crippen LogP contribution >= 0.6 is 12.4 Å². The lowest BCUT2D eigenvalue weighted by molar-refractivity contribution is 0.0975. The van der Waals surface area contributed by atoms with Crippen molar-refractivity contribution in [3.8, 4) is 0 Å². The summed E-state index contributed by atoms with van der Waals surface area (Å²) in [6.07, 6.45) is 0.850. The van der Waals surface area contributed by atoms with Gasteiger partial charge in [-0.25, -0.2) is 8.78 Å². The minimum absolute atomic E-state index is 0. The fourth-order valence-corrected chi connectivity index (χ4v) is 1.92. The van der Waals surface area contributed by atoms with Crippen molar-refractivity contribution in [1.29, 1.82) is 0 Å². The molecule has 126 valence electrons. The quantitative estimate of drug-likeness (QED) is 0.781. The van der Waals surface area contributed by atoms with Gasteiger partial charge >= 0.3 is 0 Å². The lowest BCUT2D eigenvalue weighted by Crippen LogP contribution is -2.24. The van der Waals surface area contributed by atoms with Gasteiger partial charge in [-0.1, -0.05) is 5.16 Å². The van der Waals surface area contributed by atoms with E-state index >= 15 is 0 Å². The number of aromatic nitrogens is 2. The molecule has 1 N–H and O–H groups in total. The molecule has 0 saturated carbocycles. The topological polar surface area (TPSA) is 68.0 Å². The average molecular weight is 346 g/mol. The number of carbonyl (C=O) groups is 1. The fraction of sp³-hybridized carbons (Fsp3) is 0.400. The van der Waals surface area contributed by atoms with Crippen molar-refractivity contribution >= 4 is 18.2 Å². The summed E-state index contributed by atoms with van der Waals surface area (Å²) >= 11 is 0. The van der Waals surface area contributed by atoms with E-state index in [1.165, 1.54) is 0 Å². The van der Waals surface area contributed by atoms with Gasteiger partial charge in [0.1, 0.15) is 11.6 Å². The third-order valence-corrected chi connectivity index (χ3v) is 3.29. The molecule has 0 aliphatic heterocycles. The number of benzene rings is 1. The van der Waals surface area contributed by atoms with Crippen molar-refractivity contribution in [2.24, 2.45) is 0 Å². The molecule has 8 heteroatoms. The van der Waals surface area contributed by atoms with E-state index in [1.54, 1.807) is 0 Å². The number of ketones is 1. The largest absolute Gasteiger partial charge is 0.339 e. The van der Waals surface area contributed by atoms with E-state index in [9.17, 15) is 13.6 Å². The van der Waals surface area contributed by atoms with E-state index in [1.807, 2.05) is 14.0 Å². The Labute approximate surface area is 138 Å². The van der Waals surface area contributed by atoms with Crippen molar-refractivity contribution < 1.29 is 18.1 Å². The van der Waals surface area contributed by atoms with Crippen molar-refractivity contribution in [2.45, 2.75) is 32.2 Å². The SMILES string of the molecule is CNC(C)Cc1noc(CCC(=O)c2ccc(F)cc2F)n1.Cl. The molecule has 0 fully saturated rings. The van der Waals surface area contributed by atoms with Crippen LogP contribution in [-0.2, 0) is 12.8 Å². The van der Waals surface area contributed by atoms with Gasteiger partial charge in [-0.05, 0) is 26.1 Å². The minimum atomic E-state index is -0.862. The Balaban J connectivity index is 0.00000264. The average Bonchev–Trinajstić information content (AvgIpc) is 2.92. The van der Waals surface area contributed by atoms with Crippen LogP contribution in [0.4, 0.5) is 8.78 Å². The van der Waals surface area contributed by atoms with Crippen LogP contribution in [0.3, 0.4) is 0 Å². The van der Waals surface area contributed by atoms with Crippen LogP contribution in [0.1, 0.15) is 35.4 Å². The zero-order chi connectivity index (χ0) is 16.1. The van der Waals surface area contributed by atoms with Gasteiger partial charge in [0.15, 0.2) is 11.6 Å². The predicted octanol–water partition coefficient (Wildman–Crippen LogP) is 2.74. The number of hydrogen-bond donors (Lipinski definition) is 1. The van der Waals surface area contributed by atoms with Crippen molar-refractivity contribution in [2.75, 3.05) is 7.05 Å². The van der Waals surface area contributed by atoms with Crippen LogP contribution in [-0.4, -0.2) is 29.0 Å². The molecule has 0 bridgehead atoms. The number of carbonyl (C=O) groups excluding carboxylic acids is 1. The van der Waals surface area contributed by atoms with E-state index in [2.05, 4.69) is 15.5 Å². The van der Waals surface area contributed by atoms with Crippen LogP contribution in [0.5, 0.6) is 0 Å². The molecule has 0 saturated heterocycles. The first-order valence-electron chi connectivity index (χ1n) is 6.96. The summed E-state index contributed by atoms with van der Waals surface area (Å²) in [6, 6.07) is 3.10. The standard InChI is InChI=1S/C15H17F2N3O2.ClH/c1-9(18-2)7-14-19-15(22-20-14)6-5-13(21)11-4-3-10(16)8-12(11)17;/h3-4,8-9,18H,5-7H2,1-2H3;1H. The molecule has 5 nitrogen and oxygen atoms in total. The van der Waals surface area contributed by atoms with Crippen molar-refractivity contribution in [3.63, 3.8) is 0 Å². The van der Waals surface area contributed by atoms with Gasteiger partial charge < -0.3 is 9.84 Å². The highest BCUT2D eigenvalue weighted by molar-refractivity contribution is 5.96. The Morgan fingerprint density at radius 3 is 2.78 bits per heavy atom. The molecule has 0 spiro atoms. The summed E-state index contributed by atoms with van der Waals surface area (Å²) in [5.74, 6) is -1.12. The summed E-state index contributed by atoms with van der Waals surface area (Å²) in [5.41, 5.74) is -0.134. The number of aryl methyl sites for hydroxylation is 1. The molecule has 1 unspecified atom stereocenters. The highest BCUT2D eigenvalue weighted by atomic mass is 35.5. The molecule has 0 amide bonds. The number of rotatable bonds is 7. The first-order chi connectivity index (χ1) is 10.5. The zero-order valence-electron chi connectivity index (χ0n) is 12.8. The molecular formula is C15H18ClF2N3O2. The molecule has 0 aliphatic carbocycles. The summed E-state index contributed by atoms with van der Waals surface area (Å²) in [4.78, 5) is 16.1. The Kier molecular flexibility index (Phi) is 7.25. The van der Waals surface area contributed by atoms with Gasteiger partial charge in [0.25, 0.3) is 0 Å². The maximum atomic E-state index is 13.5. The van der Waals surface area contributed by atoms with Gasteiger partial charge in [0, 0.05) is 31.4 Å². The molecule has 2 aromatic rings. The Morgan fingerprint density at radius 2 is 2.13 bits per heavy atom. The lowest BCUT2D eigenvalue weighted by atomic mass is 10.1. The van der Waals surface area contributed by atoms with E-state index in [0.717, 1.165) is 12.1 Å². The predicted molar refractivity (Wildman–Crippen MR) is 82.8 cm³/mol. The molecule has 23 heavy (non-hydrogen) atoms. The molecule has 1 atom stereocenters. The van der Waals surface area contributed by atoms with Crippen LogP contribution in [0.15, 0.2) is 22.7 Å². The number of likely N-dealkylation sites (N-methyl/N-ethyl adjacent to an activating group) is 1. The van der Waals surface area contributed by atoms with E-state index < -0.39 is 17.4 Å². The molecular weight excluding hydrogens is 328 g/mol. The van der Waals surface area contributed by atoms with Crippen molar-refractivity contribution in [3.05, 3.63) is 47.1 Å². The monoisotopic (exact) mass is 345 g/mol. The minimum Gasteiger partial charge on any atom is -0.339 e. The maximum absolute atomic E-state index is 13.5. The normalized spacial score (nSPS) is 11.8. The third kappa shape index (κ3) is 5.37. The van der Waals surface area contributed by atoms with Crippen LogP contribution in [0.25, 0.3) is 0 Å². The van der Waals surface area contributed by atoms with Gasteiger partial charge in [-0.3, -0.25) is 4.79 Å². The Morgan fingerprint density at radius 1 is 1.39 bits per heavy atom. The van der Waals surface area contributed by atoms with Crippen molar-refractivity contribution in [1.82, 2.24) is 15.5 Å². The number of nitrogens with zero attached hydrogens (tertiary/aromatic N) is 2. The van der Waals surface area contributed by atoms with E-state index in [4.69, 9.17) is 4.52 Å². The fourth-order valence-electron chi connectivity index (χ4n) is 1.92. The van der Waals surface area contributed by atoms with Gasteiger partial charge in [-0.2, -0.15) is 4.98 Å². The van der Waals surface area contributed by atoms with E-state index in [-0.39, 0.29) is 36.9 Å². The summed E-state index contributed by atoms with van der Waals surface area (Å²) in [5, 5.41) is 6.88. The number of nitrogens with one attached hydrogen (secondary N) is 1. The molecule has 1 heterocycles. The molecule has 0 aliphatic rings. The maximum Gasteiger partial charge on any atom is 0.227 e.